The number of likely N-dealkylation sites (N-methyl/N-ethyl adjacent to an activating group) is 1. The number of epoxide rings is 1. The van der Waals surface area contributed by atoms with Crippen molar-refractivity contribution in [2.24, 2.45) is 0 Å². The first-order chi connectivity index (χ1) is 7.16. The average molecular weight is 226 g/mol. The summed E-state index contributed by atoms with van der Waals surface area (Å²) in [5.74, 6) is 0. The molecule has 2 unspecified atom stereocenters. The van der Waals surface area contributed by atoms with Gasteiger partial charge < -0.3 is 4.74 Å². The second-order valence-electron chi connectivity index (χ2n) is 4.12. The van der Waals surface area contributed by atoms with E-state index >= 15 is 0 Å². The third-order valence-electron chi connectivity index (χ3n) is 2.91. The summed E-state index contributed by atoms with van der Waals surface area (Å²) < 4.78 is 5.22. The van der Waals surface area contributed by atoms with Gasteiger partial charge in [-0.1, -0.05) is 23.7 Å². The van der Waals surface area contributed by atoms with Crippen molar-refractivity contribution in [2.45, 2.75) is 19.1 Å². The van der Waals surface area contributed by atoms with Crippen LogP contribution in [0, 0.1) is 0 Å². The highest BCUT2D eigenvalue weighted by Crippen LogP contribution is 2.22. The lowest BCUT2D eigenvalue weighted by Gasteiger charge is -2.24. The number of halogens is 1. The molecular weight excluding hydrogens is 210 g/mol. The summed E-state index contributed by atoms with van der Waals surface area (Å²) >= 11 is 5.86. The van der Waals surface area contributed by atoms with E-state index in [0.29, 0.717) is 12.1 Å². The molecule has 1 aromatic rings. The number of hydrogen-bond acceptors (Lipinski definition) is 2. The zero-order valence-electron chi connectivity index (χ0n) is 9.11. The molecule has 2 atom stereocenters. The van der Waals surface area contributed by atoms with Gasteiger partial charge in [-0.3, -0.25) is 4.90 Å². The van der Waals surface area contributed by atoms with Crippen molar-refractivity contribution in [3.05, 3.63) is 34.9 Å². The summed E-state index contributed by atoms with van der Waals surface area (Å²) in [6, 6.07) is 8.45. The van der Waals surface area contributed by atoms with E-state index in [9.17, 15) is 0 Å². The predicted octanol–water partition coefficient (Wildman–Crippen LogP) is 2.73. The van der Waals surface area contributed by atoms with Crippen LogP contribution in [0.15, 0.2) is 24.3 Å². The van der Waals surface area contributed by atoms with Crippen LogP contribution in [0.5, 0.6) is 0 Å². The summed E-state index contributed by atoms with van der Waals surface area (Å²) in [5.41, 5.74) is 1.29. The van der Waals surface area contributed by atoms with Crippen molar-refractivity contribution in [2.75, 3.05) is 20.2 Å². The number of rotatable bonds is 4. The molecule has 1 aromatic carbocycles. The van der Waals surface area contributed by atoms with Gasteiger partial charge in [0.2, 0.25) is 0 Å². The molecule has 82 valence electrons. The van der Waals surface area contributed by atoms with Gasteiger partial charge in [0, 0.05) is 17.6 Å². The van der Waals surface area contributed by atoms with Gasteiger partial charge in [0.1, 0.15) is 0 Å². The van der Waals surface area contributed by atoms with Crippen LogP contribution in [0.2, 0.25) is 5.02 Å². The Hall–Kier alpha value is -0.570. The van der Waals surface area contributed by atoms with Gasteiger partial charge in [0.25, 0.3) is 0 Å². The monoisotopic (exact) mass is 225 g/mol. The molecule has 2 rings (SSSR count). The predicted molar refractivity (Wildman–Crippen MR) is 62.2 cm³/mol. The van der Waals surface area contributed by atoms with Gasteiger partial charge >= 0.3 is 0 Å². The van der Waals surface area contributed by atoms with Gasteiger partial charge in [0.05, 0.1) is 12.7 Å². The standard InChI is InChI=1S/C12H16ClNO/c1-9(14(2)7-12-8-15-12)10-3-5-11(13)6-4-10/h3-6,9,12H,7-8H2,1-2H3. The molecule has 0 saturated carbocycles. The first-order valence-corrected chi connectivity index (χ1v) is 5.62. The van der Waals surface area contributed by atoms with Crippen LogP contribution in [0.4, 0.5) is 0 Å². The fraction of sp³-hybridized carbons (Fsp3) is 0.500. The lowest BCUT2D eigenvalue weighted by molar-refractivity contribution is 0.232. The topological polar surface area (TPSA) is 15.8 Å². The largest absolute Gasteiger partial charge is 0.372 e. The zero-order chi connectivity index (χ0) is 10.8. The molecule has 15 heavy (non-hydrogen) atoms. The van der Waals surface area contributed by atoms with Crippen molar-refractivity contribution >= 4 is 11.6 Å². The first-order valence-electron chi connectivity index (χ1n) is 5.24. The van der Waals surface area contributed by atoms with Crippen molar-refractivity contribution in [3.63, 3.8) is 0 Å². The molecule has 1 aliphatic rings. The lowest BCUT2D eigenvalue weighted by atomic mass is 10.1. The average Bonchev–Trinajstić information content (AvgIpc) is 3.02. The third kappa shape index (κ3) is 2.94. The van der Waals surface area contributed by atoms with E-state index in [-0.39, 0.29) is 0 Å². The molecule has 1 fully saturated rings. The van der Waals surface area contributed by atoms with E-state index in [1.54, 1.807) is 0 Å². The Morgan fingerprint density at radius 3 is 2.60 bits per heavy atom. The maximum Gasteiger partial charge on any atom is 0.0936 e. The molecule has 0 N–H and O–H groups in total. The van der Waals surface area contributed by atoms with Gasteiger partial charge in [-0.15, -0.1) is 0 Å². The van der Waals surface area contributed by atoms with Crippen molar-refractivity contribution in [1.82, 2.24) is 4.90 Å². The highest BCUT2D eigenvalue weighted by molar-refractivity contribution is 6.30. The van der Waals surface area contributed by atoms with Gasteiger partial charge in [-0.05, 0) is 31.7 Å². The molecule has 0 radical (unpaired) electrons. The van der Waals surface area contributed by atoms with Crippen molar-refractivity contribution in [3.8, 4) is 0 Å². The summed E-state index contributed by atoms with van der Waals surface area (Å²) in [5, 5.41) is 0.791. The smallest absolute Gasteiger partial charge is 0.0936 e. The van der Waals surface area contributed by atoms with E-state index in [1.165, 1.54) is 5.56 Å². The Morgan fingerprint density at radius 1 is 1.47 bits per heavy atom. The second kappa shape index (κ2) is 4.52. The normalized spacial score (nSPS) is 21.7. The van der Waals surface area contributed by atoms with E-state index in [0.717, 1.165) is 18.2 Å². The SMILES string of the molecule is CC(c1ccc(Cl)cc1)N(C)CC1CO1. The Morgan fingerprint density at radius 2 is 2.07 bits per heavy atom. The summed E-state index contributed by atoms with van der Waals surface area (Å²) in [6.07, 6.45) is 0.449. The zero-order valence-corrected chi connectivity index (χ0v) is 9.87. The van der Waals surface area contributed by atoms with Gasteiger partial charge in [-0.25, -0.2) is 0 Å². The molecule has 2 nitrogen and oxygen atoms in total. The summed E-state index contributed by atoms with van der Waals surface area (Å²) in [7, 11) is 2.13. The van der Waals surface area contributed by atoms with Crippen molar-refractivity contribution < 1.29 is 4.74 Å². The van der Waals surface area contributed by atoms with Crippen LogP contribution in [-0.4, -0.2) is 31.2 Å². The Bertz CT molecular complexity index is 321. The number of benzene rings is 1. The Balaban J connectivity index is 1.98. The molecular formula is C12H16ClNO. The Labute approximate surface area is 95.8 Å². The molecule has 0 spiro atoms. The minimum absolute atomic E-state index is 0.409. The number of nitrogens with zero attached hydrogens (tertiary/aromatic N) is 1. The molecule has 1 saturated heterocycles. The molecule has 0 amide bonds. The summed E-state index contributed by atoms with van der Waals surface area (Å²) in [4.78, 5) is 2.31. The maximum atomic E-state index is 5.86. The second-order valence-corrected chi connectivity index (χ2v) is 4.56. The third-order valence-corrected chi connectivity index (χ3v) is 3.16. The number of ether oxygens (including phenoxy) is 1. The van der Waals surface area contributed by atoms with E-state index in [1.807, 2.05) is 12.1 Å². The molecule has 0 aliphatic carbocycles. The minimum Gasteiger partial charge on any atom is -0.372 e. The van der Waals surface area contributed by atoms with Crippen LogP contribution < -0.4 is 0 Å². The summed E-state index contributed by atoms with van der Waals surface area (Å²) in [6.45, 7) is 4.12. The van der Waals surface area contributed by atoms with Crippen LogP contribution in [0.1, 0.15) is 18.5 Å². The minimum atomic E-state index is 0.409. The van der Waals surface area contributed by atoms with E-state index in [4.69, 9.17) is 16.3 Å². The van der Waals surface area contributed by atoms with Gasteiger partial charge in [0.15, 0.2) is 0 Å². The highest BCUT2D eigenvalue weighted by Gasteiger charge is 2.26. The highest BCUT2D eigenvalue weighted by atomic mass is 35.5. The van der Waals surface area contributed by atoms with Crippen LogP contribution in [0.3, 0.4) is 0 Å². The first kappa shape index (κ1) is 10.9. The van der Waals surface area contributed by atoms with E-state index < -0.39 is 0 Å². The molecule has 3 heteroatoms. The molecule has 0 aromatic heterocycles. The quantitative estimate of drug-likeness (QED) is 0.733. The van der Waals surface area contributed by atoms with Crippen LogP contribution in [-0.2, 0) is 4.74 Å². The lowest BCUT2D eigenvalue weighted by Crippen LogP contribution is -2.26. The molecule has 1 heterocycles. The molecule has 0 bridgehead atoms. The van der Waals surface area contributed by atoms with Crippen LogP contribution in [0.25, 0.3) is 0 Å². The van der Waals surface area contributed by atoms with E-state index in [2.05, 4.69) is 31.0 Å². The number of hydrogen-bond donors (Lipinski definition) is 0. The fourth-order valence-corrected chi connectivity index (χ4v) is 1.77. The maximum absolute atomic E-state index is 5.86. The Kier molecular flexibility index (Phi) is 3.29. The van der Waals surface area contributed by atoms with Crippen LogP contribution >= 0.6 is 11.6 Å². The van der Waals surface area contributed by atoms with Gasteiger partial charge in [-0.2, -0.15) is 0 Å². The van der Waals surface area contributed by atoms with Crippen molar-refractivity contribution in [1.29, 1.82) is 0 Å². The molecule has 1 aliphatic heterocycles. The fourth-order valence-electron chi connectivity index (χ4n) is 1.65.